The number of unbranched alkanes of at least 4 members (excludes halogenated alkanes) is 1. The van der Waals surface area contributed by atoms with Crippen LogP contribution >= 0.6 is 0 Å². The van der Waals surface area contributed by atoms with Crippen molar-refractivity contribution in [1.82, 2.24) is 10.0 Å². The van der Waals surface area contributed by atoms with E-state index in [1.165, 1.54) is 13.2 Å². The molecule has 2 N–H and O–H groups in total. The quantitative estimate of drug-likeness (QED) is 0.343. The fourth-order valence-corrected chi connectivity index (χ4v) is 2.79. The molecule has 0 aliphatic rings. The van der Waals surface area contributed by atoms with E-state index < -0.39 is 15.9 Å². The van der Waals surface area contributed by atoms with Crippen LogP contribution in [0.15, 0.2) is 24.3 Å². The molecule has 1 amide bonds. The Morgan fingerprint density at radius 3 is 2.77 bits per heavy atom. The first kappa shape index (κ1) is 21.5. The third-order valence-corrected chi connectivity index (χ3v) is 4.28. The summed E-state index contributed by atoms with van der Waals surface area (Å²) in [7, 11) is -2.24. The molecule has 7 nitrogen and oxygen atoms in total. The molecule has 0 aliphatic carbocycles. The van der Waals surface area contributed by atoms with Gasteiger partial charge in [0.2, 0.25) is 10.0 Å². The lowest BCUT2D eigenvalue weighted by Crippen LogP contribution is -2.36. The van der Waals surface area contributed by atoms with Gasteiger partial charge in [-0.1, -0.05) is 25.3 Å². The van der Waals surface area contributed by atoms with Gasteiger partial charge >= 0.3 is 0 Å². The first-order valence-electron chi connectivity index (χ1n) is 8.09. The summed E-state index contributed by atoms with van der Waals surface area (Å²) < 4.78 is 36.1. The Bertz CT molecular complexity index is 766. The second-order valence-electron chi connectivity index (χ2n) is 5.32. The van der Waals surface area contributed by atoms with E-state index in [0.29, 0.717) is 23.6 Å². The van der Waals surface area contributed by atoms with Crippen LogP contribution in [0.25, 0.3) is 6.08 Å². The third kappa shape index (κ3) is 8.05. The number of benzene rings is 1. The maximum atomic E-state index is 11.8. The van der Waals surface area contributed by atoms with Crippen LogP contribution in [0.1, 0.15) is 25.3 Å². The zero-order valence-electron chi connectivity index (χ0n) is 14.9. The summed E-state index contributed by atoms with van der Waals surface area (Å²) in [4.78, 5) is 11.8. The summed E-state index contributed by atoms with van der Waals surface area (Å²) >= 11 is 0. The van der Waals surface area contributed by atoms with Crippen molar-refractivity contribution in [2.24, 2.45) is 0 Å². The van der Waals surface area contributed by atoms with E-state index in [1.807, 2.05) is 11.6 Å². The minimum absolute atomic E-state index is 0.109. The predicted octanol–water partition coefficient (Wildman–Crippen LogP) is 1.51. The van der Waals surface area contributed by atoms with Crippen molar-refractivity contribution in [3.05, 3.63) is 29.8 Å². The van der Waals surface area contributed by atoms with E-state index in [1.54, 1.807) is 18.2 Å². The Balaban J connectivity index is 2.66. The van der Waals surface area contributed by atoms with Crippen molar-refractivity contribution in [2.75, 3.05) is 26.1 Å². The predicted molar refractivity (Wildman–Crippen MR) is 101 cm³/mol. The van der Waals surface area contributed by atoms with E-state index in [0.717, 1.165) is 18.9 Å². The van der Waals surface area contributed by atoms with Crippen LogP contribution in [-0.2, 0) is 14.8 Å². The Morgan fingerprint density at radius 1 is 1.35 bits per heavy atom. The van der Waals surface area contributed by atoms with Crippen molar-refractivity contribution < 1.29 is 22.7 Å². The number of hydrogen-bond acceptors (Lipinski definition) is 6. The zero-order chi connectivity index (χ0) is 19.4. The van der Waals surface area contributed by atoms with Gasteiger partial charge in [-0.3, -0.25) is 4.79 Å². The summed E-state index contributed by atoms with van der Waals surface area (Å²) in [5, 5.41) is 2.77. The molecule has 8 heteroatoms. The highest BCUT2D eigenvalue weighted by molar-refractivity contribution is 7.90. The van der Waals surface area contributed by atoms with Gasteiger partial charge in [-0.25, -0.2) is 13.1 Å². The van der Waals surface area contributed by atoms with Gasteiger partial charge in [0.15, 0.2) is 11.5 Å². The number of terminal acetylenes is 1. The van der Waals surface area contributed by atoms with Crippen LogP contribution in [0.2, 0.25) is 0 Å². The highest BCUT2D eigenvalue weighted by Crippen LogP contribution is 2.28. The van der Waals surface area contributed by atoms with Crippen molar-refractivity contribution in [3.8, 4) is 23.8 Å². The molecule has 0 aromatic heterocycles. The van der Waals surface area contributed by atoms with Crippen LogP contribution in [0.5, 0.6) is 11.5 Å². The zero-order valence-corrected chi connectivity index (χ0v) is 15.8. The van der Waals surface area contributed by atoms with E-state index in [9.17, 15) is 13.2 Å². The van der Waals surface area contributed by atoms with E-state index >= 15 is 0 Å². The minimum Gasteiger partial charge on any atom is -0.493 e. The van der Waals surface area contributed by atoms with E-state index in [2.05, 4.69) is 11.2 Å². The number of amides is 1. The van der Waals surface area contributed by atoms with Gasteiger partial charge in [0.25, 0.3) is 5.91 Å². The number of rotatable bonds is 11. The summed E-state index contributed by atoms with van der Waals surface area (Å²) in [6, 6.07) is 5.00. The number of carbonyl (C=O) groups is 1. The molecule has 0 aliphatic heterocycles. The molecule has 0 heterocycles. The fourth-order valence-electron chi connectivity index (χ4n) is 1.93. The largest absolute Gasteiger partial charge is 0.493 e. The van der Waals surface area contributed by atoms with Crippen molar-refractivity contribution >= 4 is 22.0 Å². The molecule has 0 radical (unpaired) electrons. The maximum absolute atomic E-state index is 11.8. The summed E-state index contributed by atoms with van der Waals surface area (Å²) in [5.41, 5.74) is 0.642. The fraction of sp³-hybridized carbons (Fsp3) is 0.389. The number of ether oxygens (including phenoxy) is 2. The van der Waals surface area contributed by atoms with Crippen molar-refractivity contribution in [2.45, 2.75) is 19.8 Å². The monoisotopic (exact) mass is 380 g/mol. The molecular formula is C18H24N2O5S. The molecule has 0 saturated carbocycles. The lowest BCUT2D eigenvalue weighted by molar-refractivity contribution is -0.114. The summed E-state index contributed by atoms with van der Waals surface area (Å²) in [5.74, 6) is 2.26. The number of sulfonamides is 1. The molecule has 1 aromatic carbocycles. The maximum Gasteiger partial charge on any atom is 0.257 e. The van der Waals surface area contributed by atoms with Crippen LogP contribution in [0.4, 0.5) is 0 Å². The molecule has 26 heavy (non-hydrogen) atoms. The van der Waals surface area contributed by atoms with Crippen molar-refractivity contribution in [3.63, 3.8) is 0 Å². The van der Waals surface area contributed by atoms with E-state index in [-0.39, 0.29) is 12.5 Å². The van der Waals surface area contributed by atoms with Gasteiger partial charge in [0.1, 0.15) is 12.5 Å². The van der Waals surface area contributed by atoms with Crippen LogP contribution in [-0.4, -0.2) is 40.5 Å². The smallest absolute Gasteiger partial charge is 0.257 e. The minimum atomic E-state index is -3.72. The topological polar surface area (TPSA) is 93.7 Å². The van der Waals surface area contributed by atoms with Crippen molar-refractivity contribution in [1.29, 1.82) is 0 Å². The normalized spacial score (nSPS) is 11.1. The Kier molecular flexibility index (Phi) is 9.26. The molecule has 0 unspecified atom stereocenters. The molecule has 0 atom stereocenters. The van der Waals surface area contributed by atoms with Gasteiger partial charge < -0.3 is 14.8 Å². The second kappa shape index (κ2) is 11.2. The Morgan fingerprint density at radius 2 is 2.12 bits per heavy atom. The standard InChI is InChI=1S/C18H24N2O5S/c1-4-6-11-19-14-26(22,23)20-18(21)10-8-15-7-9-16(25-12-5-2)17(13-15)24-3/h2,7-10,13,19H,4,6,11-12,14H2,1,3H3,(H,20,21)/b10-8+. The third-order valence-electron chi connectivity index (χ3n) is 3.18. The van der Waals surface area contributed by atoms with Gasteiger partial charge in [-0.05, 0) is 36.7 Å². The second-order valence-corrected chi connectivity index (χ2v) is 7.04. The van der Waals surface area contributed by atoms with Gasteiger partial charge in [0, 0.05) is 6.08 Å². The van der Waals surface area contributed by atoms with Crippen LogP contribution < -0.4 is 19.5 Å². The number of nitrogens with one attached hydrogen (secondary N) is 2. The van der Waals surface area contributed by atoms with Crippen LogP contribution in [0.3, 0.4) is 0 Å². The molecule has 1 aromatic rings. The number of methoxy groups -OCH3 is 1. The molecule has 0 fully saturated rings. The Hall–Kier alpha value is -2.50. The average molecular weight is 380 g/mol. The first-order chi connectivity index (χ1) is 12.4. The molecular weight excluding hydrogens is 356 g/mol. The van der Waals surface area contributed by atoms with Crippen LogP contribution in [0, 0.1) is 12.3 Å². The Labute approximate surface area is 154 Å². The average Bonchev–Trinajstić information content (AvgIpc) is 2.61. The highest BCUT2D eigenvalue weighted by Gasteiger charge is 2.12. The number of hydrogen-bond donors (Lipinski definition) is 2. The van der Waals surface area contributed by atoms with Gasteiger partial charge in [0.05, 0.1) is 7.11 Å². The molecule has 1 rings (SSSR count). The first-order valence-corrected chi connectivity index (χ1v) is 9.74. The molecule has 0 spiro atoms. The SMILES string of the molecule is C#CCOc1ccc(/C=C/C(=O)NS(=O)(=O)CNCCCC)cc1OC. The summed E-state index contributed by atoms with van der Waals surface area (Å²) in [6.07, 6.45) is 9.59. The van der Waals surface area contributed by atoms with Gasteiger partial charge in [-0.15, -0.1) is 6.42 Å². The lowest BCUT2D eigenvalue weighted by Gasteiger charge is -2.09. The molecule has 142 valence electrons. The lowest BCUT2D eigenvalue weighted by atomic mass is 10.2. The highest BCUT2D eigenvalue weighted by atomic mass is 32.2. The van der Waals surface area contributed by atoms with E-state index in [4.69, 9.17) is 15.9 Å². The molecule has 0 bridgehead atoms. The number of carbonyl (C=O) groups excluding carboxylic acids is 1. The molecule has 0 saturated heterocycles. The van der Waals surface area contributed by atoms with Gasteiger partial charge in [-0.2, -0.15) is 0 Å². The summed E-state index contributed by atoms with van der Waals surface area (Å²) in [6.45, 7) is 2.69.